The SMILES string of the molecule is Cc1cc(CCCC=NOCCn2c3ccccc3c3ccccc32)ccc1OCC(=O)O. The highest BCUT2D eigenvalue weighted by Gasteiger charge is 2.09. The van der Waals surface area contributed by atoms with Gasteiger partial charge in [-0.15, -0.1) is 0 Å². The van der Waals surface area contributed by atoms with Gasteiger partial charge < -0.3 is 19.2 Å². The Labute approximate surface area is 193 Å². The van der Waals surface area contributed by atoms with Crippen molar-refractivity contribution in [3.63, 3.8) is 0 Å². The molecule has 1 heterocycles. The average molecular weight is 445 g/mol. The largest absolute Gasteiger partial charge is 0.482 e. The van der Waals surface area contributed by atoms with Crippen molar-refractivity contribution in [2.45, 2.75) is 32.7 Å². The molecule has 0 aliphatic rings. The number of carboxylic acid groups (broad SMARTS) is 1. The standard InChI is InChI=1S/C27H28N2O4/c1-20-18-21(13-14-26(20)32-19-27(30)31)8-6-7-15-28-33-17-16-29-24-11-4-2-9-22(24)23-10-3-5-12-25(23)29/h2-5,9-15,18H,6-8,16-17,19H2,1H3,(H,30,31). The molecule has 0 unspecified atom stereocenters. The van der Waals surface area contributed by atoms with Crippen molar-refractivity contribution >= 4 is 34.0 Å². The molecule has 0 saturated carbocycles. The van der Waals surface area contributed by atoms with Gasteiger partial charge in [0.2, 0.25) is 0 Å². The molecule has 0 atom stereocenters. The number of carboxylic acids is 1. The number of fused-ring (bicyclic) bond motifs is 3. The topological polar surface area (TPSA) is 73.0 Å². The Balaban J connectivity index is 1.22. The summed E-state index contributed by atoms with van der Waals surface area (Å²) in [5, 5.41) is 15.4. The monoisotopic (exact) mass is 444 g/mol. The summed E-state index contributed by atoms with van der Waals surface area (Å²) in [4.78, 5) is 16.2. The highest BCUT2D eigenvalue weighted by molar-refractivity contribution is 6.07. The Kier molecular flexibility index (Phi) is 7.25. The molecular formula is C27H28N2O4. The molecule has 6 heteroatoms. The molecule has 4 rings (SSSR count). The minimum absolute atomic E-state index is 0.326. The van der Waals surface area contributed by atoms with Gasteiger partial charge in [0.15, 0.2) is 6.61 Å². The van der Waals surface area contributed by atoms with Crippen LogP contribution in [-0.4, -0.2) is 35.1 Å². The Morgan fingerprint density at radius 3 is 2.39 bits per heavy atom. The molecule has 0 bridgehead atoms. The second-order valence-corrected chi connectivity index (χ2v) is 7.98. The van der Waals surface area contributed by atoms with Gasteiger partial charge >= 0.3 is 5.97 Å². The molecule has 0 spiro atoms. The average Bonchev–Trinajstić information content (AvgIpc) is 3.14. The number of hydrogen-bond acceptors (Lipinski definition) is 4. The van der Waals surface area contributed by atoms with Crippen molar-refractivity contribution in [2.75, 3.05) is 13.2 Å². The molecule has 0 amide bonds. The first-order valence-corrected chi connectivity index (χ1v) is 11.2. The van der Waals surface area contributed by atoms with E-state index in [9.17, 15) is 4.79 Å². The predicted octanol–water partition coefficient (Wildman–Crippen LogP) is 5.59. The predicted molar refractivity (Wildman–Crippen MR) is 131 cm³/mol. The lowest BCUT2D eigenvalue weighted by atomic mass is 10.1. The fourth-order valence-corrected chi connectivity index (χ4v) is 4.10. The summed E-state index contributed by atoms with van der Waals surface area (Å²) in [5.41, 5.74) is 4.55. The van der Waals surface area contributed by atoms with E-state index >= 15 is 0 Å². The maximum atomic E-state index is 10.6. The number of benzene rings is 3. The van der Waals surface area contributed by atoms with Gasteiger partial charge in [0.05, 0.1) is 6.54 Å². The molecule has 170 valence electrons. The number of oxime groups is 1. The zero-order valence-electron chi connectivity index (χ0n) is 18.7. The van der Waals surface area contributed by atoms with E-state index in [0.717, 1.165) is 31.4 Å². The number of ether oxygens (including phenoxy) is 1. The van der Waals surface area contributed by atoms with E-state index in [4.69, 9.17) is 14.7 Å². The summed E-state index contributed by atoms with van der Waals surface area (Å²) >= 11 is 0. The van der Waals surface area contributed by atoms with Crippen LogP contribution in [0.15, 0.2) is 71.9 Å². The maximum absolute atomic E-state index is 10.6. The molecular weight excluding hydrogens is 416 g/mol. The smallest absolute Gasteiger partial charge is 0.341 e. The second kappa shape index (κ2) is 10.7. The highest BCUT2D eigenvalue weighted by atomic mass is 16.6. The first-order chi connectivity index (χ1) is 16.1. The van der Waals surface area contributed by atoms with Gasteiger partial charge in [0.25, 0.3) is 0 Å². The lowest BCUT2D eigenvalue weighted by Gasteiger charge is -2.09. The molecule has 6 nitrogen and oxygen atoms in total. The third-order valence-corrected chi connectivity index (χ3v) is 5.62. The minimum Gasteiger partial charge on any atom is -0.482 e. The third kappa shape index (κ3) is 5.52. The van der Waals surface area contributed by atoms with E-state index in [1.165, 1.54) is 27.4 Å². The van der Waals surface area contributed by atoms with Crippen LogP contribution in [0, 0.1) is 6.92 Å². The zero-order chi connectivity index (χ0) is 23.0. The van der Waals surface area contributed by atoms with Gasteiger partial charge in [-0.2, -0.15) is 0 Å². The van der Waals surface area contributed by atoms with Crippen molar-refractivity contribution < 1.29 is 19.5 Å². The molecule has 1 aromatic heterocycles. The lowest BCUT2D eigenvalue weighted by molar-refractivity contribution is -0.139. The van der Waals surface area contributed by atoms with Crippen LogP contribution < -0.4 is 4.74 Å². The molecule has 0 saturated heterocycles. The fourth-order valence-electron chi connectivity index (χ4n) is 4.10. The number of para-hydroxylation sites is 2. The molecule has 4 aromatic rings. The molecule has 1 N–H and O–H groups in total. The van der Waals surface area contributed by atoms with E-state index < -0.39 is 5.97 Å². The number of unbranched alkanes of at least 4 members (excludes halogenated alkanes) is 1. The summed E-state index contributed by atoms with van der Waals surface area (Å²) < 4.78 is 7.55. The molecule has 0 aliphatic heterocycles. The first-order valence-electron chi connectivity index (χ1n) is 11.2. The first kappa shape index (κ1) is 22.4. The summed E-state index contributed by atoms with van der Waals surface area (Å²) in [5.74, 6) is -0.366. The van der Waals surface area contributed by atoms with Gasteiger partial charge in [-0.25, -0.2) is 4.79 Å². The normalized spacial score (nSPS) is 11.4. The number of aryl methyl sites for hydroxylation is 2. The quantitative estimate of drug-likeness (QED) is 0.186. The van der Waals surface area contributed by atoms with Gasteiger partial charge in [0.1, 0.15) is 12.4 Å². The van der Waals surface area contributed by atoms with Crippen LogP contribution >= 0.6 is 0 Å². The van der Waals surface area contributed by atoms with Gasteiger partial charge in [-0.3, -0.25) is 0 Å². The van der Waals surface area contributed by atoms with Gasteiger partial charge in [0, 0.05) is 28.0 Å². The summed E-state index contributed by atoms with van der Waals surface area (Å²) in [6.07, 6.45) is 4.51. The van der Waals surface area contributed by atoms with Gasteiger partial charge in [-0.05, 0) is 55.5 Å². The Hall–Kier alpha value is -3.80. The zero-order valence-corrected chi connectivity index (χ0v) is 18.7. The van der Waals surface area contributed by atoms with E-state index in [1.54, 1.807) is 0 Å². The van der Waals surface area contributed by atoms with E-state index in [0.29, 0.717) is 12.4 Å². The summed E-state index contributed by atoms with van der Waals surface area (Å²) in [6.45, 7) is 2.84. The Morgan fingerprint density at radius 1 is 1.03 bits per heavy atom. The number of hydrogen-bond donors (Lipinski definition) is 1. The number of rotatable bonds is 11. The van der Waals surface area contributed by atoms with E-state index in [-0.39, 0.29) is 6.61 Å². The number of aromatic nitrogens is 1. The molecule has 0 radical (unpaired) electrons. The van der Waals surface area contributed by atoms with Crippen molar-refractivity contribution in [1.29, 1.82) is 0 Å². The highest BCUT2D eigenvalue weighted by Crippen LogP contribution is 2.28. The van der Waals surface area contributed by atoms with Crippen LogP contribution in [0.4, 0.5) is 0 Å². The van der Waals surface area contributed by atoms with E-state index in [2.05, 4.69) is 58.3 Å². The number of nitrogens with zero attached hydrogens (tertiary/aromatic N) is 2. The van der Waals surface area contributed by atoms with Crippen LogP contribution in [-0.2, 0) is 22.6 Å². The third-order valence-electron chi connectivity index (χ3n) is 5.62. The Bertz CT molecular complexity index is 1220. The van der Waals surface area contributed by atoms with Crippen molar-refractivity contribution in [3.05, 3.63) is 77.9 Å². The fraction of sp³-hybridized carbons (Fsp3) is 0.259. The van der Waals surface area contributed by atoms with Crippen LogP contribution in [0.25, 0.3) is 21.8 Å². The van der Waals surface area contributed by atoms with Crippen LogP contribution in [0.1, 0.15) is 24.0 Å². The van der Waals surface area contributed by atoms with Crippen molar-refractivity contribution in [2.24, 2.45) is 5.16 Å². The Morgan fingerprint density at radius 2 is 1.73 bits per heavy atom. The minimum atomic E-state index is -0.977. The lowest BCUT2D eigenvalue weighted by Crippen LogP contribution is -2.10. The summed E-state index contributed by atoms with van der Waals surface area (Å²) in [7, 11) is 0. The van der Waals surface area contributed by atoms with Crippen molar-refractivity contribution in [3.8, 4) is 5.75 Å². The number of aliphatic carboxylic acids is 1. The molecule has 3 aromatic carbocycles. The van der Waals surface area contributed by atoms with Gasteiger partial charge in [-0.1, -0.05) is 53.7 Å². The maximum Gasteiger partial charge on any atom is 0.341 e. The molecule has 33 heavy (non-hydrogen) atoms. The van der Waals surface area contributed by atoms with Crippen molar-refractivity contribution in [1.82, 2.24) is 4.57 Å². The van der Waals surface area contributed by atoms with Crippen LogP contribution in [0.3, 0.4) is 0 Å². The molecule has 0 aliphatic carbocycles. The number of carbonyl (C=O) groups is 1. The van der Waals surface area contributed by atoms with Crippen LogP contribution in [0.2, 0.25) is 0 Å². The molecule has 0 fully saturated rings. The summed E-state index contributed by atoms with van der Waals surface area (Å²) in [6, 6.07) is 22.7. The van der Waals surface area contributed by atoms with E-state index in [1.807, 2.05) is 31.3 Å². The van der Waals surface area contributed by atoms with Crippen LogP contribution in [0.5, 0.6) is 5.75 Å². The second-order valence-electron chi connectivity index (χ2n) is 7.98.